The van der Waals surface area contributed by atoms with Gasteiger partial charge in [-0.2, -0.15) is 0 Å². The summed E-state index contributed by atoms with van der Waals surface area (Å²) in [5.41, 5.74) is 1.32. The van der Waals surface area contributed by atoms with Crippen molar-refractivity contribution in [2.45, 2.75) is 17.9 Å². The first-order chi connectivity index (χ1) is 12.1. The van der Waals surface area contributed by atoms with E-state index in [-0.39, 0.29) is 17.8 Å². The monoisotopic (exact) mass is 342 g/mol. The van der Waals surface area contributed by atoms with E-state index < -0.39 is 5.41 Å². The van der Waals surface area contributed by atoms with Gasteiger partial charge in [0.1, 0.15) is 17.3 Å². The number of hydrogen-bond donors (Lipinski definition) is 2. The number of fused-ring (bicyclic) bond motifs is 2. The summed E-state index contributed by atoms with van der Waals surface area (Å²) in [6, 6.07) is 9.61. The molecule has 25 heavy (non-hydrogen) atoms. The molecule has 4 rings (SSSR count). The molecule has 2 heterocycles. The van der Waals surface area contributed by atoms with Crippen molar-refractivity contribution in [1.82, 2.24) is 5.32 Å². The molecule has 0 saturated carbocycles. The average molecular weight is 342 g/mol. The van der Waals surface area contributed by atoms with Crippen molar-refractivity contribution in [3.05, 3.63) is 53.3 Å². The Bertz CT molecular complexity index is 855. The average Bonchev–Trinajstić information content (AvgIpc) is 3.18. The van der Waals surface area contributed by atoms with Gasteiger partial charge in [0.05, 0.1) is 25.7 Å². The molecular weight excluding hydrogens is 323 g/mol. The molecule has 2 N–H and O–H groups in total. The first-order valence-corrected chi connectivity index (χ1v) is 8.17. The molecule has 6 heteroatoms. The van der Waals surface area contributed by atoms with Crippen LogP contribution in [0.5, 0.6) is 11.5 Å². The summed E-state index contributed by atoms with van der Waals surface area (Å²) in [5.74, 6) is 0.876. The zero-order valence-corrected chi connectivity index (χ0v) is 14.1. The maximum atomic E-state index is 13.9. The van der Waals surface area contributed by atoms with Crippen LogP contribution in [-0.4, -0.2) is 26.7 Å². The molecule has 130 valence electrons. The molecular formula is C19H19FN2O3. The Kier molecular flexibility index (Phi) is 3.65. The fourth-order valence-electron chi connectivity index (χ4n) is 4.06. The Morgan fingerprint density at radius 1 is 1.16 bits per heavy atom. The van der Waals surface area contributed by atoms with Gasteiger partial charge in [0.25, 0.3) is 0 Å². The van der Waals surface area contributed by atoms with E-state index >= 15 is 0 Å². The largest absolute Gasteiger partial charge is 0.497 e. The topological polar surface area (TPSA) is 59.6 Å². The molecule has 2 aliphatic heterocycles. The Morgan fingerprint density at radius 2 is 2.00 bits per heavy atom. The van der Waals surface area contributed by atoms with Crippen LogP contribution in [0.1, 0.15) is 23.6 Å². The van der Waals surface area contributed by atoms with E-state index in [0.29, 0.717) is 35.7 Å². The quantitative estimate of drug-likeness (QED) is 0.900. The lowest BCUT2D eigenvalue weighted by Gasteiger charge is -2.30. The molecule has 2 aromatic carbocycles. The third kappa shape index (κ3) is 2.21. The highest BCUT2D eigenvalue weighted by Crippen LogP contribution is 2.52. The zero-order chi connectivity index (χ0) is 17.6. The Morgan fingerprint density at radius 3 is 2.76 bits per heavy atom. The summed E-state index contributed by atoms with van der Waals surface area (Å²) in [6.45, 7) is 0.647. The first kappa shape index (κ1) is 15.9. The molecule has 1 saturated heterocycles. The van der Waals surface area contributed by atoms with Crippen LogP contribution in [0.3, 0.4) is 0 Å². The number of halogens is 1. The molecule has 0 bridgehead atoms. The van der Waals surface area contributed by atoms with Gasteiger partial charge in [0, 0.05) is 11.3 Å². The van der Waals surface area contributed by atoms with Gasteiger partial charge in [-0.1, -0.05) is 0 Å². The highest BCUT2D eigenvalue weighted by atomic mass is 19.1. The van der Waals surface area contributed by atoms with Crippen LogP contribution in [0.25, 0.3) is 0 Å². The van der Waals surface area contributed by atoms with Crippen molar-refractivity contribution in [3.8, 4) is 11.5 Å². The van der Waals surface area contributed by atoms with Crippen molar-refractivity contribution in [1.29, 1.82) is 0 Å². The number of nitrogens with one attached hydrogen (secondary N) is 2. The molecule has 0 aromatic heterocycles. The number of rotatable bonds is 3. The van der Waals surface area contributed by atoms with Crippen LogP contribution in [-0.2, 0) is 10.2 Å². The van der Waals surface area contributed by atoms with E-state index in [1.807, 2.05) is 18.2 Å². The standard InChI is InChI=1S/C19H19FN2O3/c1-24-12-4-6-16(25-2)13(10-12)17-19(7-8-21-17)14-9-11(20)3-5-15(14)22-18(19)23/h3-6,9-10,17,21H,7-8H2,1-2H3,(H,22,23)/t17-,19-/m0/s1. The molecule has 1 fully saturated rings. The van der Waals surface area contributed by atoms with E-state index in [4.69, 9.17) is 9.47 Å². The minimum Gasteiger partial charge on any atom is -0.497 e. The van der Waals surface area contributed by atoms with E-state index in [1.165, 1.54) is 12.1 Å². The number of amides is 1. The van der Waals surface area contributed by atoms with Gasteiger partial charge in [0.2, 0.25) is 5.91 Å². The van der Waals surface area contributed by atoms with Crippen LogP contribution in [0.2, 0.25) is 0 Å². The summed E-state index contributed by atoms with van der Waals surface area (Å²) in [4.78, 5) is 13.0. The van der Waals surface area contributed by atoms with Gasteiger partial charge in [-0.3, -0.25) is 4.79 Å². The summed E-state index contributed by atoms with van der Waals surface area (Å²) in [7, 11) is 3.19. The van der Waals surface area contributed by atoms with Crippen molar-refractivity contribution < 1.29 is 18.7 Å². The maximum absolute atomic E-state index is 13.9. The van der Waals surface area contributed by atoms with Crippen molar-refractivity contribution in [2.75, 3.05) is 26.1 Å². The van der Waals surface area contributed by atoms with Gasteiger partial charge in [-0.05, 0) is 54.9 Å². The van der Waals surface area contributed by atoms with E-state index in [1.54, 1.807) is 20.3 Å². The van der Waals surface area contributed by atoms with Crippen molar-refractivity contribution >= 4 is 11.6 Å². The summed E-state index contributed by atoms with van der Waals surface area (Å²) < 4.78 is 24.8. The molecule has 2 atom stereocenters. The predicted molar refractivity (Wildman–Crippen MR) is 91.6 cm³/mol. The van der Waals surface area contributed by atoms with Crippen LogP contribution in [0, 0.1) is 5.82 Å². The highest BCUT2D eigenvalue weighted by Gasteiger charge is 2.56. The number of hydrogen-bond acceptors (Lipinski definition) is 4. The number of methoxy groups -OCH3 is 2. The molecule has 2 aliphatic rings. The maximum Gasteiger partial charge on any atom is 0.237 e. The first-order valence-electron chi connectivity index (χ1n) is 8.17. The number of carbonyl (C=O) groups excluding carboxylic acids is 1. The summed E-state index contributed by atoms with van der Waals surface area (Å²) in [5, 5.41) is 6.31. The lowest BCUT2D eigenvalue weighted by molar-refractivity contribution is -0.121. The summed E-state index contributed by atoms with van der Waals surface area (Å²) in [6.07, 6.45) is 0.584. The van der Waals surface area contributed by atoms with Crippen molar-refractivity contribution in [2.24, 2.45) is 0 Å². The molecule has 0 aliphatic carbocycles. The second-order valence-corrected chi connectivity index (χ2v) is 6.36. The minimum atomic E-state index is -0.864. The molecule has 1 spiro atoms. The van der Waals surface area contributed by atoms with Gasteiger partial charge in [0.15, 0.2) is 0 Å². The molecule has 5 nitrogen and oxygen atoms in total. The highest BCUT2D eigenvalue weighted by molar-refractivity contribution is 6.07. The lowest BCUT2D eigenvalue weighted by atomic mass is 9.72. The van der Waals surface area contributed by atoms with Crippen molar-refractivity contribution in [3.63, 3.8) is 0 Å². The Hall–Kier alpha value is -2.60. The smallest absolute Gasteiger partial charge is 0.237 e. The van der Waals surface area contributed by atoms with Gasteiger partial charge in [-0.15, -0.1) is 0 Å². The second kappa shape index (κ2) is 5.74. The van der Waals surface area contributed by atoms with Crippen LogP contribution < -0.4 is 20.1 Å². The molecule has 0 unspecified atom stereocenters. The number of ether oxygens (including phenoxy) is 2. The van der Waals surface area contributed by atoms with Gasteiger partial charge < -0.3 is 20.1 Å². The third-order valence-corrected chi connectivity index (χ3v) is 5.22. The van der Waals surface area contributed by atoms with Crippen LogP contribution in [0.4, 0.5) is 10.1 Å². The van der Waals surface area contributed by atoms with E-state index in [9.17, 15) is 9.18 Å². The third-order valence-electron chi connectivity index (χ3n) is 5.22. The fraction of sp³-hybridized carbons (Fsp3) is 0.316. The molecule has 1 amide bonds. The Balaban J connectivity index is 1.90. The van der Waals surface area contributed by atoms with E-state index in [2.05, 4.69) is 10.6 Å². The fourth-order valence-corrected chi connectivity index (χ4v) is 4.06. The van der Waals surface area contributed by atoms with E-state index in [0.717, 1.165) is 5.56 Å². The van der Waals surface area contributed by atoms with Crippen LogP contribution >= 0.6 is 0 Å². The van der Waals surface area contributed by atoms with Crippen LogP contribution in [0.15, 0.2) is 36.4 Å². The summed E-state index contributed by atoms with van der Waals surface area (Å²) >= 11 is 0. The molecule has 2 aromatic rings. The molecule has 0 radical (unpaired) electrons. The minimum absolute atomic E-state index is 0.118. The zero-order valence-electron chi connectivity index (χ0n) is 14.1. The number of benzene rings is 2. The van der Waals surface area contributed by atoms with Gasteiger partial charge >= 0.3 is 0 Å². The predicted octanol–water partition coefficient (Wildman–Crippen LogP) is 2.77. The SMILES string of the molecule is COc1ccc(OC)c([C@@H]2NCC[C@@]23C(=O)Nc2ccc(F)cc23)c1. The normalized spacial score (nSPS) is 24.3. The second-order valence-electron chi connectivity index (χ2n) is 6.36. The number of carbonyl (C=O) groups is 1. The van der Waals surface area contributed by atoms with Gasteiger partial charge in [-0.25, -0.2) is 4.39 Å². The Labute approximate surface area is 145 Å². The lowest BCUT2D eigenvalue weighted by Crippen LogP contribution is -2.39. The number of anilines is 1.